The van der Waals surface area contributed by atoms with Gasteiger partial charge in [-0.15, -0.1) is 0 Å². The van der Waals surface area contributed by atoms with Gasteiger partial charge in [-0.2, -0.15) is 0 Å². The van der Waals surface area contributed by atoms with Gasteiger partial charge in [0.15, 0.2) is 5.60 Å². The van der Waals surface area contributed by atoms with Crippen molar-refractivity contribution in [3.63, 3.8) is 0 Å². The summed E-state index contributed by atoms with van der Waals surface area (Å²) in [5, 5.41) is 33.8. The fourth-order valence-electron chi connectivity index (χ4n) is 0.947. The van der Waals surface area contributed by atoms with Crippen LogP contribution in [0.5, 0.6) is 0 Å². The molecule has 0 atom stereocenters. The number of rotatable bonds is 7. The summed E-state index contributed by atoms with van der Waals surface area (Å²) in [5.74, 6) is -6.33. The monoisotopic (exact) mass is 308 g/mol. The molecule has 0 fully saturated rings. The van der Waals surface area contributed by atoms with Crippen molar-refractivity contribution in [3.8, 4) is 0 Å². The maximum Gasteiger partial charge on any atom is 0.374 e. The number of carboxylic acid groups (broad SMARTS) is 3. The molecular weight excluding hydrogens is 292 g/mol. The van der Waals surface area contributed by atoms with Crippen molar-refractivity contribution in [2.45, 2.75) is 32.3 Å². The molecule has 0 aliphatic carbocycles. The predicted octanol–water partition coefficient (Wildman–Crippen LogP) is -1.11. The van der Waals surface area contributed by atoms with Gasteiger partial charge in [0.1, 0.15) is 0 Å². The Morgan fingerprint density at radius 3 is 1.48 bits per heavy atom. The number of carboxylic acids is 3. The zero-order chi connectivity index (χ0) is 17.2. The van der Waals surface area contributed by atoms with Gasteiger partial charge in [-0.25, -0.2) is 9.59 Å². The molecule has 0 aromatic carbocycles. The van der Waals surface area contributed by atoms with Gasteiger partial charge in [-0.05, 0) is 6.92 Å². The number of hydrogen-bond acceptors (Lipinski definition) is 7. The fourth-order valence-corrected chi connectivity index (χ4v) is 0.947. The normalized spacial score (nSPS) is 9.86. The molecule has 10 nitrogen and oxygen atoms in total. The highest BCUT2D eigenvalue weighted by atomic mass is 16.5. The molecule has 0 aromatic rings. The molecule has 4 N–H and O–H groups in total. The van der Waals surface area contributed by atoms with Gasteiger partial charge in [0.05, 0.1) is 19.4 Å². The average Bonchev–Trinajstić information content (AvgIpc) is 2.27. The smallest absolute Gasteiger partial charge is 0.374 e. The zero-order valence-corrected chi connectivity index (χ0v) is 11.4. The largest absolute Gasteiger partial charge is 0.481 e. The van der Waals surface area contributed by atoms with E-state index >= 15 is 0 Å². The minimum Gasteiger partial charge on any atom is -0.481 e. The Morgan fingerprint density at radius 1 is 0.952 bits per heavy atom. The van der Waals surface area contributed by atoms with E-state index in [0.29, 0.717) is 0 Å². The minimum absolute atomic E-state index is 0.262. The van der Waals surface area contributed by atoms with Crippen molar-refractivity contribution >= 4 is 29.7 Å². The third-order valence-electron chi connectivity index (χ3n) is 1.85. The van der Waals surface area contributed by atoms with E-state index in [2.05, 4.69) is 4.74 Å². The Bertz CT molecular complexity index is 409. The van der Waals surface area contributed by atoms with Gasteiger partial charge in [-0.3, -0.25) is 14.4 Å². The molecule has 0 saturated carbocycles. The number of aliphatic hydroxyl groups is 1. The van der Waals surface area contributed by atoms with Crippen LogP contribution in [0.2, 0.25) is 0 Å². The van der Waals surface area contributed by atoms with Crippen LogP contribution in [-0.2, 0) is 28.7 Å². The maximum atomic E-state index is 10.3. The highest BCUT2D eigenvalue weighted by Crippen LogP contribution is 2.15. The molecule has 10 heteroatoms. The van der Waals surface area contributed by atoms with Crippen LogP contribution in [0, 0.1) is 0 Å². The summed E-state index contributed by atoms with van der Waals surface area (Å²) < 4.78 is 4.31. The summed E-state index contributed by atoms with van der Waals surface area (Å²) in [7, 11) is 0. The summed E-state index contributed by atoms with van der Waals surface area (Å²) in [6, 6.07) is 0. The molecule has 0 amide bonds. The highest BCUT2D eigenvalue weighted by Gasteiger charge is 2.40. The number of ketones is 1. The first-order chi connectivity index (χ1) is 9.46. The van der Waals surface area contributed by atoms with E-state index in [1.165, 1.54) is 6.92 Å². The number of esters is 1. The van der Waals surface area contributed by atoms with Gasteiger partial charge >= 0.3 is 23.9 Å². The molecule has 0 spiro atoms. The number of aliphatic carboxylic acids is 3. The molecule has 0 bridgehead atoms. The molecule has 0 unspecified atom stereocenters. The van der Waals surface area contributed by atoms with Crippen LogP contribution in [-0.4, -0.2) is 62.3 Å². The lowest BCUT2D eigenvalue weighted by Gasteiger charge is -2.18. The molecular formula is C11H16O10. The molecule has 0 aromatic heterocycles. The Kier molecular flexibility index (Phi) is 9.34. The number of carbonyl (C=O) groups excluding carboxylic acids is 2. The summed E-state index contributed by atoms with van der Waals surface area (Å²) in [4.78, 5) is 50.7. The van der Waals surface area contributed by atoms with Crippen molar-refractivity contribution < 1.29 is 49.1 Å². The van der Waals surface area contributed by atoms with Gasteiger partial charge < -0.3 is 25.2 Å². The fraction of sp³-hybridized carbons (Fsp3) is 0.545. The summed E-state index contributed by atoms with van der Waals surface area (Å²) in [6.45, 7) is 3.09. The molecule has 0 aliphatic rings. The van der Waals surface area contributed by atoms with Gasteiger partial charge in [0.25, 0.3) is 0 Å². The number of carbonyl (C=O) groups is 5. The first-order valence-electron chi connectivity index (χ1n) is 5.53. The zero-order valence-electron chi connectivity index (χ0n) is 11.4. The minimum atomic E-state index is -2.74. The molecule has 120 valence electrons. The molecule has 0 saturated heterocycles. The molecule has 0 aliphatic heterocycles. The Morgan fingerprint density at radius 2 is 1.33 bits per heavy atom. The molecule has 21 heavy (non-hydrogen) atoms. The Labute approximate surface area is 118 Å². The molecule has 0 rings (SSSR count). The Hall–Kier alpha value is -2.49. The standard InChI is InChI=1S/C6H8O7.C5H8O3/c7-3(8)1-6(13,5(11)12)2-4(9)10;1-3-8-5(7)4(2)6/h13H,1-2H2,(H,7,8)(H,9,10)(H,11,12);3H2,1-2H3. The first kappa shape index (κ1) is 20.8. The van der Waals surface area contributed by atoms with Gasteiger partial charge in [0, 0.05) is 6.92 Å². The van der Waals surface area contributed by atoms with E-state index in [4.69, 9.17) is 20.4 Å². The van der Waals surface area contributed by atoms with Crippen LogP contribution in [0.1, 0.15) is 26.7 Å². The average molecular weight is 308 g/mol. The molecule has 0 heterocycles. The van der Waals surface area contributed by atoms with Crippen molar-refractivity contribution in [1.29, 1.82) is 0 Å². The van der Waals surface area contributed by atoms with E-state index in [0.717, 1.165) is 0 Å². The predicted molar refractivity (Wildman–Crippen MR) is 64.4 cm³/mol. The third kappa shape index (κ3) is 10.0. The van der Waals surface area contributed by atoms with E-state index in [1.807, 2.05) is 0 Å². The van der Waals surface area contributed by atoms with Crippen LogP contribution in [0.4, 0.5) is 0 Å². The third-order valence-corrected chi connectivity index (χ3v) is 1.85. The van der Waals surface area contributed by atoms with Crippen molar-refractivity contribution in [3.05, 3.63) is 0 Å². The van der Waals surface area contributed by atoms with Crippen molar-refractivity contribution in [2.24, 2.45) is 0 Å². The summed E-state index contributed by atoms with van der Waals surface area (Å²) >= 11 is 0. The lowest BCUT2D eigenvalue weighted by atomic mass is 9.96. The number of Topliss-reactive ketones (excluding diaryl/α,β-unsaturated/α-hetero) is 1. The maximum absolute atomic E-state index is 10.3. The van der Waals surface area contributed by atoms with Crippen LogP contribution >= 0.6 is 0 Å². The lowest BCUT2D eigenvalue weighted by Crippen LogP contribution is -2.42. The van der Waals surface area contributed by atoms with Crippen LogP contribution in [0.3, 0.4) is 0 Å². The topological polar surface area (TPSA) is 175 Å². The summed E-state index contributed by atoms with van der Waals surface area (Å²) in [6.07, 6.45) is -2.29. The van der Waals surface area contributed by atoms with Crippen LogP contribution < -0.4 is 0 Å². The second-order valence-electron chi connectivity index (χ2n) is 3.75. The van der Waals surface area contributed by atoms with E-state index in [-0.39, 0.29) is 6.61 Å². The SMILES string of the molecule is CCOC(=O)C(C)=O.O=C(O)CC(O)(CC(=O)O)C(=O)O. The lowest BCUT2D eigenvalue weighted by molar-refractivity contribution is -0.170. The highest BCUT2D eigenvalue weighted by molar-refractivity contribution is 6.32. The Balaban J connectivity index is 0. The quantitative estimate of drug-likeness (QED) is 0.333. The van der Waals surface area contributed by atoms with Gasteiger partial charge in [0.2, 0.25) is 5.78 Å². The van der Waals surface area contributed by atoms with Crippen molar-refractivity contribution in [2.75, 3.05) is 6.61 Å². The second kappa shape index (κ2) is 9.42. The molecule has 0 radical (unpaired) electrons. The van der Waals surface area contributed by atoms with E-state index < -0.39 is 48.1 Å². The summed E-state index contributed by atoms with van der Waals surface area (Å²) in [5.41, 5.74) is -2.74. The van der Waals surface area contributed by atoms with Crippen LogP contribution in [0.15, 0.2) is 0 Å². The number of hydrogen-bond donors (Lipinski definition) is 4. The van der Waals surface area contributed by atoms with E-state index in [1.54, 1.807) is 6.92 Å². The first-order valence-corrected chi connectivity index (χ1v) is 5.53. The van der Waals surface area contributed by atoms with Crippen molar-refractivity contribution in [1.82, 2.24) is 0 Å². The van der Waals surface area contributed by atoms with Gasteiger partial charge in [-0.1, -0.05) is 0 Å². The van der Waals surface area contributed by atoms with E-state index in [9.17, 15) is 24.0 Å². The number of ether oxygens (including phenoxy) is 1. The second-order valence-corrected chi connectivity index (χ2v) is 3.75. The van der Waals surface area contributed by atoms with Crippen LogP contribution in [0.25, 0.3) is 0 Å².